The van der Waals surface area contributed by atoms with E-state index in [1.54, 1.807) is 47.7 Å². The number of anilines is 2. The molecule has 0 aliphatic heterocycles. The van der Waals surface area contributed by atoms with Crippen LogP contribution in [0.1, 0.15) is 63.0 Å². The molecule has 0 radical (unpaired) electrons. The third-order valence-corrected chi connectivity index (χ3v) is 15.2. The first-order chi connectivity index (χ1) is 38.7. The van der Waals surface area contributed by atoms with Crippen molar-refractivity contribution in [3.8, 4) is 53.8 Å². The molecule has 0 bridgehead atoms. The molecule has 12 aromatic rings. The molecule has 2 aliphatic carbocycles. The van der Waals surface area contributed by atoms with Gasteiger partial charge in [0.05, 0.1) is 67.5 Å². The highest BCUT2D eigenvalue weighted by Gasteiger charge is 2.31. The summed E-state index contributed by atoms with van der Waals surface area (Å²) in [6.45, 7) is 3.60. The van der Waals surface area contributed by atoms with Gasteiger partial charge in [0.2, 0.25) is 0 Å². The minimum absolute atomic E-state index is 0.111. The minimum Gasteiger partial charge on any atom is -0.467 e. The Morgan fingerprint density at radius 3 is 1.39 bits per heavy atom. The van der Waals surface area contributed by atoms with Gasteiger partial charge in [0, 0.05) is 12.4 Å². The molecule has 2 aromatic carbocycles. The van der Waals surface area contributed by atoms with Crippen LogP contribution in [-0.4, -0.2) is 80.4 Å². The minimum atomic E-state index is -0.679. The number of nitrogen functional groups attached to an aromatic ring is 2. The Morgan fingerprint density at radius 1 is 0.562 bits per heavy atom. The summed E-state index contributed by atoms with van der Waals surface area (Å²) in [7, 11) is 0. The molecule has 0 spiro atoms. The van der Waals surface area contributed by atoms with E-state index in [1.165, 1.54) is 96.0 Å². The van der Waals surface area contributed by atoms with Crippen LogP contribution in [0.4, 0.5) is 29.2 Å². The first-order valence-electron chi connectivity index (χ1n) is 24.9. The summed E-state index contributed by atoms with van der Waals surface area (Å²) < 4.78 is 73.9. The van der Waals surface area contributed by atoms with Crippen LogP contribution in [-0.2, 0) is 0 Å². The quantitative estimate of drug-likeness (QED) is 0.108. The van der Waals surface area contributed by atoms with Crippen molar-refractivity contribution in [2.75, 3.05) is 11.5 Å². The predicted molar refractivity (Wildman–Crippen MR) is 290 cm³/mol. The summed E-state index contributed by atoms with van der Waals surface area (Å²) in [5, 5.41) is 11.8. The highest BCUT2D eigenvalue weighted by Crippen LogP contribution is 2.42. The van der Waals surface area contributed by atoms with Crippen molar-refractivity contribution in [3.63, 3.8) is 0 Å². The van der Waals surface area contributed by atoms with Gasteiger partial charge < -0.3 is 20.9 Å². The van der Waals surface area contributed by atoms with Crippen LogP contribution in [0.25, 0.3) is 76.8 Å². The second kappa shape index (κ2) is 19.7. The Morgan fingerprint density at radius 2 is 0.988 bits per heavy atom. The van der Waals surface area contributed by atoms with Crippen LogP contribution in [0.15, 0.2) is 120 Å². The van der Waals surface area contributed by atoms with Crippen LogP contribution in [0, 0.1) is 23.3 Å². The van der Waals surface area contributed by atoms with E-state index < -0.39 is 46.5 Å². The van der Waals surface area contributed by atoms with Gasteiger partial charge in [0.1, 0.15) is 82.4 Å². The monoisotopic (exact) mass is 1120 g/mol. The molecule has 2 fully saturated rings. The van der Waals surface area contributed by atoms with Crippen molar-refractivity contribution in [2.45, 2.75) is 63.8 Å². The number of nitrogens with zero attached hydrogens (tertiary/aromatic N) is 14. The van der Waals surface area contributed by atoms with Crippen LogP contribution in [0.3, 0.4) is 0 Å². The summed E-state index contributed by atoms with van der Waals surface area (Å²) >= 11 is 2.68. The summed E-state index contributed by atoms with van der Waals surface area (Å²) in [6.07, 6.45) is 12.5. The number of pyridine rings is 2. The smallest absolute Gasteiger partial charge is 0.274 e. The molecule has 0 unspecified atom stereocenters. The van der Waals surface area contributed by atoms with Crippen LogP contribution in [0.2, 0.25) is 0 Å². The number of nitrogens with two attached hydrogens (primary N) is 2. The van der Waals surface area contributed by atoms with Crippen molar-refractivity contribution in [1.29, 1.82) is 0 Å². The highest BCUT2D eigenvalue weighted by atomic mass is 32.1. The molecule has 0 amide bonds. The molecule has 400 valence electrons. The molecule has 2 atom stereocenters. The normalized spacial score (nSPS) is 14.2. The van der Waals surface area contributed by atoms with E-state index in [4.69, 9.17) is 41.1 Å². The van der Waals surface area contributed by atoms with E-state index in [0.29, 0.717) is 76.1 Å². The number of thiazole rings is 2. The van der Waals surface area contributed by atoms with Gasteiger partial charge >= 0.3 is 0 Å². The zero-order valence-electron chi connectivity index (χ0n) is 41.9. The Kier molecular flexibility index (Phi) is 12.3. The van der Waals surface area contributed by atoms with Crippen molar-refractivity contribution in [3.05, 3.63) is 166 Å². The second-order valence-electron chi connectivity index (χ2n) is 19.0. The summed E-state index contributed by atoms with van der Waals surface area (Å²) in [5.74, 6) is -1.81. The molecule has 0 saturated heterocycles. The molecule has 26 heteroatoms. The fraction of sp³-hybridized carbons (Fsp3) is 0.185. The number of fused-ring (bicyclic) bond motifs is 4. The van der Waals surface area contributed by atoms with E-state index in [2.05, 4.69) is 29.9 Å². The van der Waals surface area contributed by atoms with Gasteiger partial charge in [0.25, 0.3) is 21.5 Å². The van der Waals surface area contributed by atoms with Crippen molar-refractivity contribution >= 4 is 67.7 Å². The lowest BCUT2D eigenvalue weighted by Crippen LogP contribution is -2.23. The molecule has 4 N–H and O–H groups in total. The van der Waals surface area contributed by atoms with Crippen molar-refractivity contribution < 1.29 is 27.0 Å². The summed E-state index contributed by atoms with van der Waals surface area (Å²) in [4.78, 5) is 64.3. The van der Waals surface area contributed by atoms with Crippen molar-refractivity contribution in [1.82, 2.24) is 68.2 Å². The lowest BCUT2D eigenvalue weighted by Gasteiger charge is -2.18. The van der Waals surface area contributed by atoms with Gasteiger partial charge in [-0.3, -0.25) is 18.4 Å². The van der Waals surface area contributed by atoms with Gasteiger partial charge in [-0.2, -0.15) is 10.2 Å². The number of halogens is 4. The van der Waals surface area contributed by atoms with Gasteiger partial charge in [-0.25, -0.2) is 66.8 Å². The molecular weight excluding hydrogens is 1080 g/mol. The molecule has 10 heterocycles. The van der Waals surface area contributed by atoms with E-state index in [0.717, 1.165) is 46.9 Å². The van der Waals surface area contributed by atoms with Crippen LogP contribution < -0.4 is 32.1 Å². The SMILES string of the molecule is C[C@@H](c1nc2ccc(F)cn2c(=O)c1-c1cccc(F)c1)n1nc(-c2cnc(OC3CC3)s2)c2c(N)ncnc21.C[C@H](c1nc2ccc(F)cn2c(=O)c1-c1cccc(F)c1)n1nc(-c2cnc(OC3CC3)s2)c2c(N)ncnc21. The molecule has 80 heavy (non-hydrogen) atoms. The highest BCUT2D eigenvalue weighted by molar-refractivity contribution is 7.17. The van der Waals surface area contributed by atoms with E-state index in [-0.39, 0.29) is 46.3 Å². The number of benzene rings is 2. The zero-order valence-corrected chi connectivity index (χ0v) is 43.5. The fourth-order valence-electron chi connectivity index (χ4n) is 9.30. The summed E-state index contributed by atoms with van der Waals surface area (Å²) in [5.41, 5.74) is 15.2. The number of hydrogen-bond donors (Lipinski definition) is 2. The van der Waals surface area contributed by atoms with Gasteiger partial charge in [0.15, 0.2) is 11.3 Å². The lowest BCUT2D eigenvalue weighted by atomic mass is 10.0. The maximum Gasteiger partial charge on any atom is 0.274 e. The Bertz CT molecular complexity index is 4280. The molecule has 2 aliphatic rings. The topological polar surface area (TPSA) is 252 Å². The first kappa shape index (κ1) is 50.0. The van der Waals surface area contributed by atoms with E-state index >= 15 is 0 Å². The number of hydrogen-bond acceptors (Lipinski definition) is 18. The molecule has 10 aromatic heterocycles. The average molecular weight is 1120 g/mol. The van der Waals surface area contributed by atoms with Crippen LogP contribution >= 0.6 is 22.7 Å². The second-order valence-corrected chi connectivity index (χ2v) is 21.0. The lowest BCUT2D eigenvalue weighted by molar-refractivity contribution is 0.301. The van der Waals surface area contributed by atoms with Gasteiger partial charge in [-0.15, -0.1) is 0 Å². The molecular formula is C54H40F4N16O4S2. The van der Waals surface area contributed by atoms with Gasteiger partial charge in [-0.05, 0) is 99.2 Å². The predicted octanol–water partition coefficient (Wildman–Crippen LogP) is 9.27. The third-order valence-electron chi connectivity index (χ3n) is 13.4. The maximum absolute atomic E-state index is 14.3. The Labute approximate surface area is 455 Å². The zero-order chi connectivity index (χ0) is 55.1. The Balaban J connectivity index is 0.000000151. The number of rotatable bonds is 12. The largest absolute Gasteiger partial charge is 0.467 e. The maximum atomic E-state index is 14.3. The third kappa shape index (κ3) is 9.15. The molecule has 20 nitrogen and oxygen atoms in total. The Hall–Kier alpha value is -9.56. The van der Waals surface area contributed by atoms with Gasteiger partial charge in [-0.1, -0.05) is 46.9 Å². The standard InChI is InChI=1S/2C27H20F2N8O2S/c2*1-13(22-20(14-3-2-4-15(28)9-14)26(38)36-11-16(29)5-8-19(36)34-22)37-25-21(24(30)32-12-33-25)23(35-37)18-10-31-27(40-18)39-17-6-7-17/h2*2-5,8-13,17H,6-7H2,1H3,(H2,30,32,33)/t2*13-/m10/s1. The van der Waals surface area contributed by atoms with Crippen molar-refractivity contribution in [2.24, 2.45) is 0 Å². The fourth-order valence-corrected chi connectivity index (χ4v) is 10.9. The number of ether oxygens (including phenoxy) is 2. The van der Waals surface area contributed by atoms with E-state index in [1.807, 2.05) is 0 Å². The summed E-state index contributed by atoms with van der Waals surface area (Å²) in [6, 6.07) is 15.2. The molecule has 14 rings (SSSR count). The van der Waals surface area contributed by atoms with Crippen LogP contribution in [0.5, 0.6) is 10.4 Å². The van der Waals surface area contributed by atoms with E-state index in [9.17, 15) is 27.2 Å². The molecule has 2 saturated carbocycles. The first-order valence-corrected chi connectivity index (χ1v) is 26.6. The number of aromatic nitrogens is 14. The average Bonchev–Trinajstić information content (AvgIpc) is 4.27.